The van der Waals surface area contributed by atoms with E-state index in [0.29, 0.717) is 6.42 Å². The molecule has 6 rings (SSSR count). The quantitative estimate of drug-likeness (QED) is 0.290. The fourth-order valence-corrected chi connectivity index (χ4v) is 6.19. The highest BCUT2D eigenvalue weighted by molar-refractivity contribution is 7.00. The highest BCUT2D eigenvalue weighted by atomic mass is 32.1. The largest absolute Gasteiger partial charge is 0.489 e. The lowest BCUT2D eigenvalue weighted by atomic mass is 9.87. The van der Waals surface area contributed by atoms with E-state index in [1.54, 1.807) is 0 Å². The third-order valence-electron chi connectivity index (χ3n) is 7.46. The molecule has 1 aliphatic heterocycles. The van der Waals surface area contributed by atoms with Gasteiger partial charge >= 0.3 is 0 Å². The second kappa shape index (κ2) is 10.6. The minimum Gasteiger partial charge on any atom is -0.489 e. The molecule has 0 bridgehead atoms. The summed E-state index contributed by atoms with van der Waals surface area (Å²) in [5, 5.41) is 0. The first-order chi connectivity index (χ1) is 18.2. The van der Waals surface area contributed by atoms with Crippen molar-refractivity contribution >= 4 is 39.6 Å². The van der Waals surface area contributed by atoms with Gasteiger partial charge in [-0.25, -0.2) is 0 Å². The maximum absolute atomic E-state index is 12.5. The van der Waals surface area contributed by atoms with Crippen molar-refractivity contribution in [3.63, 3.8) is 0 Å². The van der Waals surface area contributed by atoms with Gasteiger partial charge in [0.25, 0.3) is 0 Å². The summed E-state index contributed by atoms with van der Waals surface area (Å²) in [5.74, 6) is 0.879. The number of likely N-dealkylation sites (tertiary alicyclic amines) is 1. The van der Waals surface area contributed by atoms with Crippen molar-refractivity contribution in [3.8, 4) is 5.75 Å². The van der Waals surface area contributed by atoms with E-state index in [9.17, 15) is 4.39 Å². The monoisotopic (exact) mass is 514 g/mol. The Kier molecular flexibility index (Phi) is 6.89. The zero-order valence-corrected chi connectivity index (χ0v) is 21.6. The Morgan fingerprint density at radius 3 is 2.68 bits per heavy atom. The van der Waals surface area contributed by atoms with E-state index < -0.39 is 0 Å². The fourth-order valence-electron chi connectivity index (χ4n) is 5.67. The van der Waals surface area contributed by atoms with Gasteiger partial charge in [-0.05, 0) is 102 Å². The molecule has 2 heterocycles. The summed E-state index contributed by atoms with van der Waals surface area (Å²) in [6.45, 7) is 2.38. The Hall–Kier alpha value is -3.29. The zero-order valence-electron chi connectivity index (χ0n) is 20.8. The van der Waals surface area contributed by atoms with Gasteiger partial charge < -0.3 is 10.5 Å². The molecule has 5 nitrogen and oxygen atoms in total. The van der Waals surface area contributed by atoms with Crippen LogP contribution in [-0.2, 0) is 6.42 Å². The summed E-state index contributed by atoms with van der Waals surface area (Å²) >= 11 is 1.25. The van der Waals surface area contributed by atoms with Crippen molar-refractivity contribution in [2.24, 2.45) is 0 Å². The first kappa shape index (κ1) is 24.1. The molecule has 37 heavy (non-hydrogen) atoms. The molecular weight excluding hydrogens is 483 g/mol. The molecule has 1 aromatic heterocycles. The molecule has 0 spiro atoms. The van der Waals surface area contributed by atoms with Crippen molar-refractivity contribution in [1.82, 2.24) is 13.6 Å². The number of allylic oxidation sites excluding steroid dienone is 1. The van der Waals surface area contributed by atoms with E-state index in [1.807, 2.05) is 6.07 Å². The Labute approximate surface area is 221 Å². The van der Waals surface area contributed by atoms with Crippen molar-refractivity contribution in [2.45, 2.75) is 38.2 Å². The van der Waals surface area contributed by atoms with Gasteiger partial charge in [0.15, 0.2) is 0 Å². The van der Waals surface area contributed by atoms with E-state index in [2.05, 4.69) is 68.2 Å². The average Bonchev–Trinajstić information content (AvgIpc) is 3.53. The number of nitrogens with zero attached hydrogens (tertiary/aromatic N) is 3. The number of rotatable bonds is 7. The summed E-state index contributed by atoms with van der Waals surface area (Å²) < 4.78 is 27.7. The van der Waals surface area contributed by atoms with Crippen LogP contribution in [0, 0.1) is 0 Å². The van der Waals surface area contributed by atoms with Crippen LogP contribution in [0.25, 0.3) is 22.2 Å². The predicted molar refractivity (Wildman–Crippen MR) is 150 cm³/mol. The van der Waals surface area contributed by atoms with Gasteiger partial charge in [0, 0.05) is 25.3 Å². The van der Waals surface area contributed by atoms with Crippen molar-refractivity contribution in [2.75, 3.05) is 32.0 Å². The molecule has 190 valence electrons. The molecule has 4 aromatic rings. The molecule has 1 unspecified atom stereocenters. The van der Waals surface area contributed by atoms with E-state index in [4.69, 9.17) is 10.5 Å². The average molecular weight is 515 g/mol. The molecule has 2 aliphatic rings. The molecule has 1 atom stereocenters. The predicted octanol–water partition coefficient (Wildman–Crippen LogP) is 6.38. The summed E-state index contributed by atoms with van der Waals surface area (Å²) in [5.41, 5.74) is 16.3. The molecule has 0 amide bonds. The Morgan fingerprint density at radius 1 is 0.973 bits per heavy atom. The second-order valence-corrected chi connectivity index (χ2v) is 10.5. The molecule has 0 radical (unpaired) electrons. The number of aromatic nitrogens is 2. The number of hydrogen-bond donors (Lipinski definition) is 1. The highest BCUT2D eigenvalue weighted by Crippen LogP contribution is 2.41. The Morgan fingerprint density at radius 2 is 1.81 bits per heavy atom. The maximum atomic E-state index is 12.5. The number of nitrogens with two attached hydrogens (primary N) is 1. The van der Waals surface area contributed by atoms with Gasteiger partial charge in [-0.2, -0.15) is 8.75 Å². The van der Waals surface area contributed by atoms with E-state index >= 15 is 0 Å². The number of hydrogen-bond acceptors (Lipinski definition) is 6. The smallest absolute Gasteiger partial charge is 0.119 e. The summed E-state index contributed by atoms with van der Waals surface area (Å²) in [7, 11) is 0. The van der Waals surface area contributed by atoms with Crippen LogP contribution in [-0.4, -0.2) is 46.1 Å². The third kappa shape index (κ3) is 5.11. The van der Waals surface area contributed by atoms with Crippen LogP contribution in [0.4, 0.5) is 10.1 Å². The summed E-state index contributed by atoms with van der Waals surface area (Å²) in [6.07, 6.45) is 4.76. The number of nitrogen functional groups attached to an aromatic ring is 1. The topological polar surface area (TPSA) is 64.3 Å². The van der Waals surface area contributed by atoms with Gasteiger partial charge in [-0.3, -0.25) is 9.29 Å². The van der Waals surface area contributed by atoms with Crippen LogP contribution in [0.5, 0.6) is 5.75 Å². The van der Waals surface area contributed by atoms with Gasteiger partial charge in [0.2, 0.25) is 0 Å². The fraction of sp³-hybridized carbons (Fsp3) is 0.333. The van der Waals surface area contributed by atoms with Crippen LogP contribution in [0.2, 0.25) is 0 Å². The first-order valence-corrected chi connectivity index (χ1v) is 13.8. The zero-order chi connectivity index (χ0) is 25.2. The number of anilines is 1. The lowest BCUT2D eigenvalue weighted by Crippen LogP contribution is -2.26. The minimum atomic E-state index is -0.258. The van der Waals surface area contributed by atoms with Gasteiger partial charge in [-0.1, -0.05) is 24.3 Å². The van der Waals surface area contributed by atoms with Crippen molar-refractivity contribution in [3.05, 3.63) is 82.9 Å². The highest BCUT2D eigenvalue weighted by Gasteiger charge is 2.24. The number of ether oxygens (including phenoxy) is 1. The molecule has 1 aliphatic carbocycles. The number of fused-ring (bicyclic) bond motifs is 2. The number of alkyl halides is 1. The molecule has 2 N–H and O–H groups in total. The third-order valence-corrected chi connectivity index (χ3v) is 8.02. The van der Waals surface area contributed by atoms with Crippen LogP contribution >= 0.6 is 11.7 Å². The maximum Gasteiger partial charge on any atom is 0.119 e. The van der Waals surface area contributed by atoms with E-state index in [-0.39, 0.29) is 12.8 Å². The Bertz CT molecular complexity index is 1430. The molecule has 1 fully saturated rings. The van der Waals surface area contributed by atoms with Crippen LogP contribution in [0.15, 0.2) is 60.7 Å². The van der Waals surface area contributed by atoms with Crippen LogP contribution < -0.4 is 10.5 Å². The van der Waals surface area contributed by atoms with Crippen LogP contribution in [0.3, 0.4) is 0 Å². The Balaban J connectivity index is 1.35. The van der Waals surface area contributed by atoms with Crippen molar-refractivity contribution < 1.29 is 9.13 Å². The van der Waals surface area contributed by atoms with E-state index in [0.717, 1.165) is 67.8 Å². The molecule has 7 heteroatoms. The van der Waals surface area contributed by atoms with Crippen LogP contribution in [0.1, 0.15) is 47.9 Å². The number of halogens is 1. The summed E-state index contributed by atoms with van der Waals surface area (Å²) in [4.78, 5) is 2.29. The molecular formula is C30H31FN4OS. The molecule has 1 saturated heterocycles. The minimum absolute atomic E-state index is 0.153. The molecule has 3 aromatic carbocycles. The second-order valence-electron chi connectivity index (χ2n) is 9.99. The van der Waals surface area contributed by atoms with Gasteiger partial charge in [0.1, 0.15) is 22.9 Å². The first-order valence-electron chi connectivity index (χ1n) is 13.1. The van der Waals surface area contributed by atoms with Gasteiger partial charge in [0.05, 0.1) is 18.4 Å². The summed E-state index contributed by atoms with van der Waals surface area (Å²) in [6, 6.07) is 21.2. The SMILES string of the molecule is Nc1ccc2c(c1)CCCC(c1ccc3nsnc3c1)=C2c1ccc(OC2CCN(CCCF)C2)cc1. The lowest BCUT2D eigenvalue weighted by Gasteiger charge is -2.19. The standard InChI is InChI=1S/C30H31FN4OS/c31-14-2-15-35-16-13-25(19-35)36-24-9-5-20(6-10-24)30-26(22-7-12-28-29(18-22)34-37-33-28)4-1-3-21-17-23(32)8-11-27(21)30/h5-12,17-18,25H,1-4,13-16,19,32H2. The lowest BCUT2D eigenvalue weighted by molar-refractivity contribution is 0.198. The number of aryl methyl sites for hydroxylation is 1. The molecule has 0 saturated carbocycles. The normalized spacial score (nSPS) is 18.2. The van der Waals surface area contributed by atoms with Crippen molar-refractivity contribution in [1.29, 1.82) is 0 Å². The van der Waals surface area contributed by atoms with E-state index in [1.165, 1.54) is 45.1 Å². The number of benzene rings is 3. The van der Waals surface area contributed by atoms with Gasteiger partial charge in [-0.15, -0.1) is 0 Å².